The quantitative estimate of drug-likeness (QED) is 0.880. The van der Waals surface area contributed by atoms with E-state index in [0.29, 0.717) is 18.1 Å². The second-order valence-electron chi connectivity index (χ2n) is 4.08. The van der Waals surface area contributed by atoms with E-state index in [-0.39, 0.29) is 0 Å². The third-order valence-electron chi connectivity index (χ3n) is 2.68. The van der Waals surface area contributed by atoms with Gasteiger partial charge in [0, 0.05) is 5.56 Å². The highest BCUT2D eigenvalue weighted by Crippen LogP contribution is 2.23. The summed E-state index contributed by atoms with van der Waals surface area (Å²) in [6.07, 6.45) is 0.892. The van der Waals surface area contributed by atoms with Crippen LogP contribution in [0.4, 0.5) is 0 Å². The molecule has 0 aliphatic heterocycles. The van der Waals surface area contributed by atoms with Crippen LogP contribution in [0.3, 0.4) is 0 Å². The van der Waals surface area contributed by atoms with Crippen molar-refractivity contribution in [2.75, 3.05) is 0 Å². The zero-order chi connectivity index (χ0) is 12.3. The number of nitrogens with zero attached hydrogens (tertiary/aromatic N) is 2. The van der Waals surface area contributed by atoms with Gasteiger partial charge in [-0.1, -0.05) is 36.7 Å². The number of hydrogen-bond acceptors (Lipinski definition) is 4. The molecule has 4 heteroatoms. The van der Waals surface area contributed by atoms with Gasteiger partial charge in [0.15, 0.2) is 0 Å². The zero-order valence-electron chi connectivity index (χ0n) is 10.1. The van der Waals surface area contributed by atoms with Crippen molar-refractivity contribution in [1.82, 2.24) is 10.1 Å². The second-order valence-corrected chi connectivity index (χ2v) is 4.08. The fourth-order valence-corrected chi connectivity index (χ4v) is 1.70. The molecule has 90 valence electrons. The molecule has 0 radical (unpaired) electrons. The molecule has 0 bridgehead atoms. The highest BCUT2D eigenvalue weighted by atomic mass is 16.5. The third-order valence-corrected chi connectivity index (χ3v) is 2.68. The first-order chi connectivity index (χ1) is 8.22. The molecule has 0 aliphatic carbocycles. The normalized spacial score (nSPS) is 12.6. The van der Waals surface area contributed by atoms with Crippen LogP contribution in [0.25, 0.3) is 11.5 Å². The topological polar surface area (TPSA) is 59.2 Å². The number of aliphatic hydroxyl groups excluding tert-OH is 1. The van der Waals surface area contributed by atoms with Gasteiger partial charge in [-0.2, -0.15) is 4.98 Å². The molecule has 2 rings (SSSR count). The van der Waals surface area contributed by atoms with Gasteiger partial charge >= 0.3 is 0 Å². The molecular weight excluding hydrogens is 216 g/mol. The SMILES string of the molecule is CCCC(O)c1noc(-c2ccccc2C)n1. The van der Waals surface area contributed by atoms with Gasteiger partial charge in [-0.05, 0) is 25.0 Å². The fraction of sp³-hybridized carbons (Fsp3) is 0.385. The Morgan fingerprint density at radius 2 is 2.12 bits per heavy atom. The summed E-state index contributed by atoms with van der Waals surface area (Å²) >= 11 is 0. The number of benzene rings is 1. The van der Waals surface area contributed by atoms with Crippen molar-refractivity contribution >= 4 is 0 Å². The van der Waals surface area contributed by atoms with Crippen LogP contribution in [-0.2, 0) is 0 Å². The molecule has 17 heavy (non-hydrogen) atoms. The average Bonchev–Trinajstić information content (AvgIpc) is 2.79. The van der Waals surface area contributed by atoms with Crippen LogP contribution in [0.2, 0.25) is 0 Å². The van der Waals surface area contributed by atoms with Gasteiger partial charge in [-0.3, -0.25) is 0 Å². The summed E-state index contributed by atoms with van der Waals surface area (Å²) in [7, 11) is 0. The molecule has 1 unspecified atom stereocenters. The number of rotatable bonds is 4. The van der Waals surface area contributed by atoms with Crippen LogP contribution in [0, 0.1) is 6.92 Å². The Balaban J connectivity index is 2.27. The highest BCUT2D eigenvalue weighted by Gasteiger charge is 2.16. The minimum Gasteiger partial charge on any atom is -0.385 e. The van der Waals surface area contributed by atoms with Crippen molar-refractivity contribution in [3.63, 3.8) is 0 Å². The molecular formula is C13H16N2O2. The molecule has 1 N–H and O–H groups in total. The highest BCUT2D eigenvalue weighted by molar-refractivity contribution is 5.57. The van der Waals surface area contributed by atoms with Crippen molar-refractivity contribution in [3.8, 4) is 11.5 Å². The molecule has 2 aromatic rings. The maximum Gasteiger partial charge on any atom is 0.258 e. The molecule has 0 spiro atoms. The summed E-state index contributed by atoms with van der Waals surface area (Å²) in [6.45, 7) is 3.99. The molecule has 0 saturated carbocycles. The molecule has 1 atom stereocenters. The van der Waals surface area contributed by atoms with E-state index in [4.69, 9.17) is 4.52 Å². The van der Waals surface area contributed by atoms with Gasteiger partial charge in [0.05, 0.1) is 0 Å². The van der Waals surface area contributed by atoms with Gasteiger partial charge in [0.25, 0.3) is 5.89 Å². The summed E-state index contributed by atoms with van der Waals surface area (Å²) in [5.74, 6) is 0.832. The number of aryl methyl sites for hydroxylation is 1. The minimum atomic E-state index is -0.637. The lowest BCUT2D eigenvalue weighted by Crippen LogP contribution is -1.98. The Morgan fingerprint density at radius 1 is 1.35 bits per heavy atom. The van der Waals surface area contributed by atoms with Crippen molar-refractivity contribution in [2.24, 2.45) is 0 Å². The number of aromatic nitrogens is 2. The molecule has 1 heterocycles. The van der Waals surface area contributed by atoms with Gasteiger partial charge < -0.3 is 9.63 Å². The Labute approximate surface area is 100 Å². The van der Waals surface area contributed by atoms with Crippen LogP contribution in [0.5, 0.6) is 0 Å². The smallest absolute Gasteiger partial charge is 0.258 e. The third kappa shape index (κ3) is 2.53. The Hall–Kier alpha value is -1.68. The summed E-state index contributed by atoms with van der Waals surface area (Å²) < 4.78 is 5.18. The largest absolute Gasteiger partial charge is 0.385 e. The average molecular weight is 232 g/mol. The van der Waals surface area contributed by atoms with E-state index < -0.39 is 6.10 Å². The second kappa shape index (κ2) is 5.10. The summed E-state index contributed by atoms with van der Waals surface area (Å²) in [5, 5.41) is 13.6. The van der Waals surface area contributed by atoms with Crippen molar-refractivity contribution < 1.29 is 9.63 Å². The lowest BCUT2D eigenvalue weighted by atomic mass is 10.1. The van der Waals surface area contributed by atoms with Crippen LogP contribution >= 0.6 is 0 Å². The summed E-state index contributed by atoms with van der Waals surface area (Å²) in [4.78, 5) is 4.23. The van der Waals surface area contributed by atoms with Gasteiger partial charge in [0.1, 0.15) is 6.10 Å². The first-order valence-electron chi connectivity index (χ1n) is 5.80. The van der Waals surface area contributed by atoms with Crippen LogP contribution < -0.4 is 0 Å². The van der Waals surface area contributed by atoms with Crippen molar-refractivity contribution in [1.29, 1.82) is 0 Å². The molecule has 0 fully saturated rings. The Morgan fingerprint density at radius 3 is 2.82 bits per heavy atom. The van der Waals surface area contributed by atoms with E-state index in [1.807, 2.05) is 38.1 Å². The molecule has 1 aromatic carbocycles. The van der Waals surface area contributed by atoms with Gasteiger partial charge in [-0.25, -0.2) is 0 Å². The van der Waals surface area contributed by atoms with Crippen LogP contribution in [0.1, 0.15) is 37.3 Å². The molecule has 0 saturated heterocycles. The fourth-order valence-electron chi connectivity index (χ4n) is 1.70. The van der Waals surface area contributed by atoms with Crippen LogP contribution in [-0.4, -0.2) is 15.2 Å². The molecule has 4 nitrogen and oxygen atoms in total. The molecule has 1 aromatic heterocycles. The van der Waals surface area contributed by atoms with E-state index in [2.05, 4.69) is 10.1 Å². The summed E-state index contributed by atoms with van der Waals surface area (Å²) in [5.41, 5.74) is 1.99. The predicted octanol–water partition coefficient (Wildman–Crippen LogP) is 2.88. The van der Waals surface area contributed by atoms with Gasteiger partial charge in [-0.15, -0.1) is 0 Å². The Bertz CT molecular complexity index is 494. The monoisotopic (exact) mass is 232 g/mol. The lowest BCUT2D eigenvalue weighted by molar-refractivity contribution is 0.153. The first-order valence-corrected chi connectivity index (χ1v) is 5.80. The molecule has 0 amide bonds. The van der Waals surface area contributed by atoms with Crippen LogP contribution in [0.15, 0.2) is 28.8 Å². The van der Waals surface area contributed by atoms with E-state index in [1.54, 1.807) is 0 Å². The minimum absolute atomic E-state index is 0.366. The predicted molar refractivity (Wildman–Crippen MR) is 64.3 cm³/mol. The van der Waals surface area contributed by atoms with E-state index in [9.17, 15) is 5.11 Å². The zero-order valence-corrected chi connectivity index (χ0v) is 10.1. The summed E-state index contributed by atoms with van der Waals surface area (Å²) in [6, 6.07) is 7.80. The standard InChI is InChI=1S/C13H16N2O2/c1-3-6-11(16)12-14-13(17-15-12)10-8-5-4-7-9(10)2/h4-5,7-8,11,16H,3,6H2,1-2H3. The van der Waals surface area contributed by atoms with E-state index in [1.165, 1.54) is 0 Å². The number of hydrogen-bond donors (Lipinski definition) is 1. The molecule has 0 aliphatic rings. The van der Waals surface area contributed by atoms with Crippen molar-refractivity contribution in [3.05, 3.63) is 35.7 Å². The Kier molecular flexibility index (Phi) is 3.54. The maximum absolute atomic E-state index is 9.77. The lowest BCUT2D eigenvalue weighted by Gasteiger charge is -2.01. The van der Waals surface area contributed by atoms with Crippen molar-refractivity contribution in [2.45, 2.75) is 32.8 Å². The van der Waals surface area contributed by atoms with Gasteiger partial charge in [0.2, 0.25) is 5.82 Å². The maximum atomic E-state index is 9.77. The van der Waals surface area contributed by atoms with E-state index >= 15 is 0 Å². The number of aliphatic hydroxyl groups is 1. The first kappa shape index (κ1) is 11.8. The van der Waals surface area contributed by atoms with E-state index in [0.717, 1.165) is 17.5 Å².